The topological polar surface area (TPSA) is 59.1 Å². The number of benzene rings is 2. The van der Waals surface area contributed by atoms with E-state index in [0.29, 0.717) is 67.7 Å². The maximum atomic E-state index is 12.9. The van der Waals surface area contributed by atoms with Crippen LogP contribution in [0, 0.1) is 0 Å². The quantitative estimate of drug-likeness (QED) is 0.625. The number of methoxy groups -OCH3 is 1. The summed E-state index contributed by atoms with van der Waals surface area (Å²) in [6.07, 6.45) is 1.78. The van der Waals surface area contributed by atoms with Crippen LogP contribution >= 0.6 is 11.6 Å². The summed E-state index contributed by atoms with van der Waals surface area (Å²) in [4.78, 5) is 29.1. The van der Waals surface area contributed by atoms with Gasteiger partial charge < -0.3 is 19.3 Å². The Labute approximate surface area is 182 Å². The maximum absolute atomic E-state index is 12.9. The highest BCUT2D eigenvalue weighted by atomic mass is 35.5. The van der Waals surface area contributed by atoms with Crippen molar-refractivity contribution >= 4 is 23.4 Å². The standard InChI is InChI=1S/C23H27ClN2O4/c1-29-20-10-4-2-8-18(20)23(28)26-14-7-13-25(15-16-26)22(27)12-6-17-30-21-11-5-3-9-19(21)24/h2-5,8-11H,6-7,12-17H2,1H3. The van der Waals surface area contributed by atoms with Gasteiger partial charge in [0.1, 0.15) is 11.5 Å². The van der Waals surface area contributed by atoms with E-state index in [1.165, 1.54) is 0 Å². The highest BCUT2D eigenvalue weighted by Gasteiger charge is 2.24. The average Bonchev–Trinajstić information content (AvgIpc) is 3.03. The van der Waals surface area contributed by atoms with Crippen molar-refractivity contribution in [1.82, 2.24) is 9.80 Å². The van der Waals surface area contributed by atoms with Crippen LogP contribution in [0.25, 0.3) is 0 Å². The van der Waals surface area contributed by atoms with Crippen LogP contribution in [0.3, 0.4) is 0 Å². The van der Waals surface area contributed by atoms with Gasteiger partial charge in [-0.3, -0.25) is 9.59 Å². The second-order valence-electron chi connectivity index (χ2n) is 7.11. The SMILES string of the molecule is COc1ccccc1C(=O)N1CCCN(C(=O)CCCOc2ccccc2Cl)CC1. The Balaban J connectivity index is 1.46. The molecule has 0 aliphatic carbocycles. The highest BCUT2D eigenvalue weighted by Crippen LogP contribution is 2.23. The smallest absolute Gasteiger partial charge is 0.257 e. The maximum Gasteiger partial charge on any atom is 0.257 e. The van der Waals surface area contributed by atoms with Gasteiger partial charge in [0.15, 0.2) is 0 Å². The molecule has 0 radical (unpaired) electrons. The predicted molar refractivity (Wildman–Crippen MR) is 116 cm³/mol. The van der Waals surface area contributed by atoms with Crippen LogP contribution < -0.4 is 9.47 Å². The summed E-state index contributed by atoms with van der Waals surface area (Å²) in [6.45, 7) is 2.75. The number of ether oxygens (including phenoxy) is 2. The molecule has 0 bridgehead atoms. The first-order valence-electron chi connectivity index (χ1n) is 10.2. The second kappa shape index (κ2) is 10.9. The number of hydrogen-bond acceptors (Lipinski definition) is 4. The third kappa shape index (κ3) is 5.66. The van der Waals surface area contributed by atoms with E-state index in [0.717, 1.165) is 6.42 Å². The molecule has 2 aromatic carbocycles. The van der Waals surface area contributed by atoms with E-state index >= 15 is 0 Å². The molecule has 1 fully saturated rings. The van der Waals surface area contributed by atoms with Gasteiger partial charge in [-0.1, -0.05) is 35.9 Å². The van der Waals surface area contributed by atoms with E-state index in [4.69, 9.17) is 21.1 Å². The third-order valence-electron chi connectivity index (χ3n) is 5.10. The summed E-state index contributed by atoms with van der Waals surface area (Å²) in [6, 6.07) is 14.5. The Morgan fingerprint density at radius 1 is 0.933 bits per heavy atom. The lowest BCUT2D eigenvalue weighted by molar-refractivity contribution is -0.131. The van der Waals surface area contributed by atoms with Crippen LogP contribution in [0.5, 0.6) is 11.5 Å². The first-order valence-corrected chi connectivity index (χ1v) is 10.6. The van der Waals surface area contributed by atoms with Gasteiger partial charge in [0.05, 0.1) is 24.3 Å². The molecule has 1 heterocycles. The molecule has 7 heteroatoms. The normalized spacial score (nSPS) is 14.2. The molecule has 0 atom stereocenters. The van der Waals surface area contributed by atoms with Crippen molar-refractivity contribution in [3.05, 3.63) is 59.1 Å². The number of hydrogen-bond donors (Lipinski definition) is 0. The van der Waals surface area contributed by atoms with Gasteiger partial charge >= 0.3 is 0 Å². The molecule has 0 spiro atoms. The molecule has 160 valence electrons. The fourth-order valence-corrected chi connectivity index (χ4v) is 3.68. The molecule has 1 saturated heterocycles. The minimum absolute atomic E-state index is 0.0603. The summed E-state index contributed by atoms with van der Waals surface area (Å²) in [7, 11) is 1.56. The predicted octanol–water partition coefficient (Wildman–Crippen LogP) is 3.88. The lowest BCUT2D eigenvalue weighted by Crippen LogP contribution is -2.37. The van der Waals surface area contributed by atoms with Crippen LogP contribution in [0.4, 0.5) is 0 Å². The minimum Gasteiger partial charge on any atom is -0.496 e. The Bertz CT molecular complexity index is 874. The van der Waals surface area contributed by atoms with E-state index in [-0.39, 0.29) is 11.8 Å². The zero-order chi connectivity index (χ0) is 21.3. The molecule has 0 saturated carbocycles. The van der Waals surface area contributed by atoms with Gasteiger partial charge in [0, 0.05) is 32.6 Å². The highest BCUT2D eigenvalue weighted by molar-refractivity contribution is 6.32. The summed E-state index contributed by atoms with van der Waals surface area (Å²) < 4.78 is 11.0. The van der Waals surface area contributed by atoms with Gasteiger partial charge in [0.25, 0.3) is 5.91 Å². The van der Waals surface area contributed by atoms with Crippen LogP contribution in [0.2, 0.25) is 5.02 Å². The van der Waals surface area contributed by atoms with Crippen LogP contribution in [-0.4, -0.2) is 61.5 Å². The van der Waals surface area contributed by atoms with Gasteiger partial charge in [-0.25, -0.2) is 0 Å². The fraction of sp³-hybridized carbons (Fsp3) is 0.391. The van der Waals surface area contributed by atoms with Crippen molar-refractivity contribution in [3.63, 3.8) is 0 Å². The number of rotatable bonds is 7. The number of amides is 2. The van der Waals surface area contributed by atoms with Crippen molar-refractivity contribution in [2.45, 2.75) is 19.3 Å². The van der Waals surface area contributed by atoms with Gasteiger partial charge in [0.2, 0.25) is 5.91 Å². The van der Waals surface area contributed by atoms with E-state index in [1.54, 1.807) is 30.2 Å². The molecule has 0 aromatic heterocycles. The molecule has 0 N–H and O–H groups in total. The fourth-order valence-electron chi connectivity index (χ4n) is 3.49. The van der Waals surface area contributed by atoms with E-state index < -0.39 is 0 Å². The Hall–Kier alpha value is -2.73. The van der Waals surface area contributed by atoms with Crippen molar-refractivity contribution < 1.29 is 19.1 Å². The van der Waals surface area contributed by atoms with Gasteiger partial charge in [-0.05, 0) is 37.1 Å². The van der Waals surface area contributed by atoms with Crippen LogP contribution in [-0.2, 0) is 4.79 Å². The summed E-state index contributed by atoms with van der Waals surface area (Å²) in [5, 5.41) is 0.566. The molecule has 2 aromatic rings. The molecule has 0 unspecified atom stereocenters. The lowest BCUT2D eigenvalue weighted by atomic mass is 10.1. The average molecular weight is 431 g/mol. The molecular formula is C23H27ClN2O4. The van der Waals surface area contributed by atoms with Gasteiger partial charge in [-0.2, -0.15) is 0 Å². The van der Waals surface area contributed by atoms with E-state index in [1.807, 2.05) is 35.2 Å². The second-order valence-corrected chi connectivity index (χ2v) is 7.52. The van der Waals surface area contributed by atoms with Crippen molar-refractivity contribution in [2.75, 3.05) is 39.9 Å². The first-order chi connectivity index (χ1) is 14.6. The summed E-state index contributed by atoms with van der Waals surface area (Å²) in [5.74, 6) is 1.23. The van der Waals surface area contributed by atoms with Gasteiger partial charge in [-0.15, -0.1) is 0 Å². The Morgan fingerprint density at radius 2 is 1.60 bits per heavy atom. The third-order valence-corrected chi connectivity index (χ3v) is 5.41. The molecule has 3 rings (SSSR count). The zero-order valence-corrected chi connectivity index (χ0v) is 17.9. The number of halogens is 1. The Morgan fingerprint density at radius 3 is 2.37 bits per heavy atom. The molecule has 6 nitrogen and oxygen atoms in total. The van der Waals surface area contributed by atoms with E-state index in [2.05, 4.69) is 0 Å². The number of nitrogens with zero attached hydrogens (tertiary/aromatic N) is 2. The number of carbonyl (C=O) groups excluding carboxylic acids is 2. The molecular weight excluding hydrogens is 404 g/mol. The largest absolute Gasteiger partial charge is 0.496 e. The molecule has 2 amide bonds. The van der Waals surface area contributed by atoms with Crippen molar-refractivity contribution in [2.24, 2.45) is 0 Å². The summed E-state index contributed by atoms with van der Waals surface area (Å²) in [5.41, 5.74) is 0.552. The Kier molecular flexibility index (Phi) is 7.97. The summed E-state index contributed by atoms with van der Waals surface area (Å²) >= 11 is 6.07. The van der Waals surface area contributed by atoms with Crippen LogP contribution in [0.1, 0.15) is 29.6 Å². The monoisotopic (exact) mass is 430 g/mol. The number of para-hydroxylation sites is 2. The minimum atomic E-state index is -0.0603. The number of carbonyl (C=O) groups is 2. The first kappa shape index (κ1) is 22.0. The molecule has 1 aliphatic rings. The lowest BCUT2D eigenvalue weighted by Gasteiger charge is -2.23. The molecule has 1 aliphatic heterocycles. The van der Waals surface area contributed by atoms with Crippen molar-refractivity contribution in [1.29, 1.82) is 0 Å². The molecule has 30 heavy (non-hydrogen) atoms. The van der Waals surface area contributed by atoms with Crippen molar-refractivity contribution in [3.8, 4) is 11.5 Å². The zero-order valence-electron chi connectivity index (χ0n) is 17.2. The van der Waals surface area contributed by atoms with E-state index in [9.17, 15) is 9.59 Å². The van der Waals surface area contributed by atoms with Crippen LogP contribution in [0.15, 0.2) is 48.5 Å².